The highest BCUT2D eigenvalue weighted by molar-refractivity contribution is 6.31. The van der Waals surface area contributed by atoms with Crippen LogP contribution >= 0.6 is 11.6 Å². The zero-order valence-electron chi connectivity index (χ0n) is 6.87. The van der Waals surface area contributed by atoms with Gasteiger partial charge in [-0.15, -0.1) is 0 Å². The SMILES string of the molecule is CN1NC=C(Cl)C1(C(F)F)C(F)(F)F. The minimum Gasteiger partial charge on any atom is -0.324 e. The Hall–Kier alpha value is -0.560. The average Bonchev–Trinajstić information content (AvgIpc) is 2.25. The fraction of sp³-hybridized carbons (Fsp3) is 0.667. The molecule has 14 heavy (non-hydrogen) atoms. The molecule has 0 aromatic rings. The first kappa shape index (κ1) is 11.5. The largest absolute Gasteiger partial charge is 0.419 e. The number of halogens is 6. The average molecular weight is 237 g/mol. The Morgan fingerprint density at radius 3 is 2.14 bits per heavy atom. The summed E-state index contributed by atoms with van der Waals surface area (Å²) in [6.45, 7) is 0. The third-order valence-electron chi connectivity index (χ3n) is 2.03. The van der Waals surface area contributed by atoms with Crippen molar-refractivity contribution >= 4 is 11.6 Å². The maximum Gasteiger partial charge on any atom is 0.419 e. The van der Waals surface area contributed by atoms with Crippen LogP contribution in [0.1, 0.15) is 0 Å². The van der Waals surface area contributed by atoms with Crippen LogP contribution in [0.3, 0.4) is 0 Å². The summed E-state index contributed by atoms with van der Waals surface area (Å²) >= 11 is 5.17. The van der Waals surface area contributed by atoms with Gasteiger partial charge < -0.3 is 5.43 Å². The molecule has 1 rings (SSSR count). The van der Waals surface area contributed by atoms with Crippen molar-refractivity contribution in [2.45, 2.75) is 18.1 Å². The smallest absolute Gasteiger partial charge is 0.324 e. The van der Waals surface area contributed by atoms with Gasteiger partial charge in [-0.1, -0.05) is 11.6 Å². The molecule has 0 aliphatic carbocycles. The molecular formula is C6H6ClF5N2. The van der Waals surface area contributed by atoms with Gasteiger partial charge in [0, 0.05) is 13.2 Å². The minimum atomic E-state index is -5.15. The Balaban J connectivity index is 3.24. The zero-order chi connectivity index (χ0) is 11.1. The lowest BCUT2D eigenvalue weighted by Crippen LogP contribution is -2.62. The predicted molar refractivity (Wildman–Crippen MR) is 39.6 cm³/mol. The quantitative estimate of drug-likeness (QED) is 0.702. The van der Waals surface area contributed by atoms with Crippen LogP contribution in [0.4, 0.5) is 22.0 Å². The molecule has 2 nitrogen and oxygen atoms in total. The molecule has 1 aliphatic heterocycles. The van der Waals surface area contributed by atoms with Gasteiger partial charge in [-0.3, -0.25) is 0 Å². The highest BCUT2D eigenvalue weighted by Crippen LogP contribution is 2.47. The molecule has 0 radical (unpaired) electrons. The summed E-state index contributed by atoms with van der Waals surface area (Å²) in [6, 6.07) is 0. The minimum absolute atomic E-state index is 0.250. The van der Waals surface area contributed by atoms with Gasteiger partial charge in [0.2, 0.25) is 5.54 Å². The van der Waals surface area contributed by atoms with E-state index in [-0.39, 0.29) is 5.01 Å². The van der Waals surface area contributed by atoms with Crippen molar-refractivity contribution in [2.24, 2.45) is 0 Å². The molecule has 0 spiro atoms. The second-order valence-electron chi connectivity index (χ2n) is 2.75. The van der Waals surface area contributed by atoms with Crippen LogP contribution in [0.5, 0.6) is 0 Å². The number of rotatable bonds is 1. The molecule has 1 heterocycles. The normalized spacial score (nSPS) is 29.3. The van der Waals surface area contributed by atoms with Crippen molar-refractivity contribution in [3.8, 4) is 0 Å². The van der Waals surface area contributed by atoms with E-state index in [1.54, 1.807) is 0 Å². The molecule has 1 N–H and O–H groups in total. The molecule has 8 heteroatoms. The lowest BCUT2D eigenvalue weighted by Gasteiger charge is -2.36. The molecule has 1 aliphatic rings. The lowest BCUT2D eigenvalue weighted by atomic mass is 10.00. The first-order valence-electron chi connectivity index (χ1n) is 3.45. The van der Waals surface area contributed by atoms with E-state index in [1.807, 2.05) is 5.43 Å². The Bertz CT molecular complexity index is 263. The van der Waals surface area contributed by atoms with Gasteiger partial charge in [0.15, 0.2) is 0 Å². The van der Waals surface area contributed by atoms with Crippen LogP contribution in [0.25, 0.3) is 0 Å². The molecule has 0 aromatic heterocycles. The summed E-state index contributed by atoms with van der Waals surface area (Å²) in [5.74, 6) is 0. The number of nitrogens with zero attached hydrogens (tertiary/aromatic N) is 1. The third-order valence-corrected chi connectivity index (χ3v) is 2.42. The number of hydrogen-bond donors (Lipinski definition) is 1. The molecular weight excluding hydrogens is 231 g/mol. The highest BCUT2D eigenvalue weighted by Gasteiger charge is 2.68. The van der Waals surface area contributed by atoms with Crippen molar-refractivity contribution in [3.63, 3.8) is 0 Å². The summed E-state index contributed by atoms with van der Waals surface area (Å²) in [5.41, 5.74) is -1.45. The van der Waals surface area contributed by atoms with Crippen molar-refractivity contribution in [1.82, 2.24) is 10.4 Å². The lowest BCUT2D eigenvalue weighted by molar-refractivity contribution is -0.249. The van der Waals surface area contributed by atoms with E-state index in [0.717, 1.165) is 7.05 Å². The molecule has 0 fully saturated rings. The van der Waals surface area contributed by atoms with Crippen LogP contribution in [0.2, 0.25) is 0 Å². The van der Waals surface area contributed by atoms with Gasteiger partial charge in [0.05, 0.1) is 5.03 Å². The van der Waals surface area contributed by atoms with Crippen LogP contribution in [0, 0.1) is 0 Å². The monoisotopic (exact) mass is 236 g/mol. The number of alkyl halides is 5. The van der Waals surface area contributed by atoms with Crippen LogP contribution in [-0.4, -0.2) is 30.2 Å². The third kappa shape index (κ3) is 1.26. The Morgan fingerprint density at radius 1 is 1.50 bits per heavy atom. The fourth-order valence-corrected chi connectivity index (χ4v) is 1.59. The predicted octanol–water partition coefficient (Wildman–Crippen LogP) is 2.08. The fourth-order valence-electron chi connectivity index (χ4n) is 1.23. The molecule has 0 amide bonds. The topological polar surface area (TPSA) is 15.3 Å². The molecule has 0 saturated carbocycles. The number of hydrogen-bond acceptors (Lipinski definition) is 2. The number of hydrazine groups is 1. The Morgan fingerprint density at radius 2 is 2.00 bits per heavy atom. The number of likely N-dealkylation sites (N-methyl/N-ethyl adjacent to an activating group) is 1. The van der Waals surface area contributed by atoms with E-state index < -0.39 is 23.2 Å². The van der Waals surface area contributed by atoms with Gasteiger partial charge in [-0.05, 0) is 0 Å². The summed E-state index contributed by atoms with van der Waals surface area (Å²) in [6.07, 6.45) is -8.11. The first-order valence-corrected chi connectivity index (χ1v) is 3.83. The summed E-state index contributed by atoms with van der Waals surface area (Å²) in [7, 11) is 0.853. The van der Waals surface area contributed by atoms with E-state index in [0.29, 0.717) is 6.20 Å². The van der Waals surface area contributed by atoms with Crippen LogP contribution < -0.4 is 5.43 Å². The van der Waals surface area contributed by atoms with E-state index in [9.17, 15) is 22.0 Å². The maximum absolute atomic E-state index is 12.5. The van der Waals surface area contributed by atoms with Crippen molar-refractivity contribution < 1.29 is 22.0 Å². The summed E-state index contributed by atoms with van der Waals surface area (Å²) in [5, 5.41) is -0.720. The molecule has 1 atom stereocenters. The van der Waals surface area contributed by atoms with Crippen LogP contribution in [0.15, 0.2) is 11.2 Å². The van der Waals surface area contributed by atoms with Crippen molar-refractivity contribution in [1.29, 1.82) is 0 Å². The summed E-state index contributed by atoms with van der Waals surface area (Å²) in [4.78, 5) is 0. The van der Waals surface area contributed by atoms with Gasteiger partial charge in [0.25, 0.3) is 6.43 Å². The summed E-state index contributed by atoms with van der Waals surface area (Å²) < 4.78 is 62.4. The standard InChI is InChI=1S/C6H6ClF5N2/c1-14-5(4(8)9,6(10,11)12)3(7)2-13-14/h2,4,13H,1H3. The van der Waals surface area contributed by atoms with Gasteiger partial charge >= 0.3 is 6.18 Å². The van der Waals surface area contributed by atoms with E-state index in [2.05, 4.69) is 0 Å². The van der Waals surface area contributed by atoms with Crippen molar-refractivity contribution in [3.05, 3.63) is 11.2 Å². The Labute approximate surface area is 81.3 Å². The van der Waals surface area contributed by atoms with E-state index in [1.165, 1.54) is 0 Å². The van der Waals surface area contributed by atoms with Gasteiger partial charge in [0.1, 0.15) is 0 Å². The van der Waals surface area contributed by atoms with Gasteiger partial charge in [-0.25, -0.2) is 13.8 Å². The van der Waals surface area contributed by atoms with E-state index >= 15 is 0 Å². The van der Waals surface area contributed by atoms with Crippen LogP contribution in [-0.2, 0) is 0 Å². The number of nitrogens with one attached hydrogen (secondary N) is 1. The second-order valence-corrected chi connectivity index (χ2v) is 3.15. The first-order chi connectivity index (χ1) is 6.24. The molecule has 0 saturated heterocycles. The molecule has 82 valence electrons. The molecule has 0 aromatic carbocycles. The van der Waals surface area contributed by atoms with Gasteiger partial charge in [-0.2, -0.15) is 13.2 Å². The Kier molecular flexibility index (Phi) is 2.66. The van der Waals surface area contributed by atoms with Crippen molar-refractivity contribution in [2.75, 3.05) is 7.05 Å². The molecule has 1 unspecified atom stereocenters. The van der Waals surface area contributed by atoms with E-state index in [4.69, 9.17) is 11.6 Å². The second kappa shape index (κ2) is 3.23. The molecule has 0 bridgehead atoms. The maximum atomic E-state index is 12.5. The zero-order valence-corrected chi connectivity index (χ0v) is 7.63. The highest BCUT2D eigenvalue weighted by atomic mass is 35.5.